The van der Waals surface area contributed by atoms with Crippen molar-refractivity contribution in [3.63, 3.8) is 0 Å². The summed E-state index contributed by atoms with van der Waals surface area (Å²) < 4.78 is 33.4. The zero-order chi connectivity index (χ0) is 30.0. The Morgan fingerprint density at radius 1 is 1.15 bits per heavy atom. The summed E-state index contributed by atoms with van der Waals surface area (Å²) in [4.78, 5) is 54.7. The second-order valence-electron chi connectivity index (χ2n) is 11.7. The molecule has 0 aromatic carbocycles. The van der Waals surface area contributed by atoms with E-state index in [0.29, 0.717) is 38.6 Å². The summed E-state index contributed by atoms with van der Waals surface area (Å²) in [6.07, 6.45) is 7.66. The van der Waals surface area contributed by atoms with E-state index in [4.69, 9.17) is 16.3 Å². The van der Waals surface area contributed by atoms with Crippen molar-refractivity contribution in [2.45, 2.75) is 99.6 Å². The van der Waals surface area contributed by atoms with Gasteiger partial charge in [-0.1, -0.05) is 36.6 Å². The van der Waals surface area contributed by atoms with Gasteiger partial charge in [-0.25, -0.2) is 17.9 Å². The van der Waals surface area contributed by atoms with Gasteiger partial charge in [0, 0.05) is 12.5 Å². The van der Waals surface area contributed by atoms with Gasteiger partial charge in [0.05, 0.1) is 4.34 Å². The van der Waals surface area contributed by atoms with Gasteiger partial charge in [-0.3, -0.25) is 14.4 Å². The molecule has 1 saturated carbocycles. The summed E-state index contributed by atoms with van der Waals surface area (Å²) in [6.45, 7) is 5.52. The monoisotopic (exact) mass is 628 g/mol. The van der Waals surface area contributed by atoms with Crippen LogP contribution in [-0.2, 0) is 29.1 Å². The molecule has 3 aliphatic rings. The summed E-state index contributed by atoms with van der Waals surface area (Å²) in [6, 6.07) is 1.00. The maximum Gasteiger partial charge on any atom is 0.408 e. The van der Waals surface area contributed by atoms with E-state index >= 15 is 0 Å². The second-order valence-corrected chi connectivity index (χ2v) is 15.3. The zero-order valence-electron chi connectivity index (χ0n) is 23.4. The molecular formula is C27H37ClN4O7S2. The van der Waals surface area contributed by atoms with Crippen molar-refractivity contribution in [1.82, 2.24) is 20.3 Å². The van der Waals surface area contributed by atoms with Crippen LogP contribution in [0.1, 0.15) is 72.1 Å². The van der Waals surface area contributed by atoms with Crippen LogP contribution in [0.15, 0.2) is 28.5 Å². The van der Waals surface area contributed by atoms with E-state index in [1.165, 1.54) is 17.0 Å². The molecule has 2 aliphatic heterocycles. The highest BCUT2D eigenvalue weighted by Crippen LogP contribution is 2.46. The van der Waals surface area contributed by atoms with Crippen LogP contribution in [0.25, 0.3) is 0 Å². The molecule has 0 spiro atoms. The molecule has 0 radical (unpaired) electrons. The Balaban J connectivity index is 1.56. The molecule has 4 atom stereocenters. The molecule has 14 heteroatoms. The number of rotatable bonds is 4. The first-order valence-corrected chi connectivity index (χ1v) is 16.5. The fraction of sp³-hybridized carbons (Fsp3) is 0.630. The molecule has 1 aromatic heterocycles. The number of hydrogen-bond acceptors (Lipinski definition) is 8. The Bertz CT molecular complexity index is 1320. The smallest absolute Gasteiger partial charge is 0.408 e. The van der Waals surface area contributed by atoms with E-state index in [1.807, 2.05) is 12.2 Å². The van der Waals surface area contributed by atoms with Crippen molar-refractivity contribution >= 4 is 56.8 Å². The van der Waals surface area contributed by atoms with Crippen LogP contribution in [0.2, 0.25) is 4.34 Å². The van der Waals surface area contributed by atoms with Gasteiger partial charge in [-0.2, -0.15) is 0 Å². The lowest BCUT2D eigenvalue weighted by Gasteiger charge is -2.30. The van der Waals surface area contributed by atoms with E-state index < -0.39 is 57.1 Å². The van der Waals surface area contributed by atoms with E-state index in [2.05, 4.69) is 15.4 Å². The van der Waals surface area contributed by atoms with Crippen molar-refractivity contribution in [2.24, 2.45) is 5.92 Å². The highest BCUT2D eigenvalue weighted by atomic mass is 35.5. The molecule has 1 saturated heterocycles. The van der Waals surface area contributed by atoms with Gasteiger partial charge in [-0.15, -0.1) is 11.3 Å². The minimum absolute atomic E-state index is 0.112. The third-order valence-electron chi connectivity index (χ3n) is 7.37. The van der Waals surface area contributed by atoms with Crippen LogP contribution in [0.3, 0.4) is 0 Å². The first-order valence-electron chi connectivity index (χ1n) is 13.8. The fourth-order valence-electron chi connectivity index (χ4n) is 5.25. The van der Waals surface area contributed by atoms with Crippen molar-refractivity contribution in [1.29, 1.82) is 0 Å². The molecule has 0 bridgehead atoms. The van der Waals surface area contributed by atoms with Crippen molar-refractivity contribution in [2.75, 3.05) is 6.54 Å². The number of carbonyl (C=O) groups excluding carboxylic acids is 4. The first kappa shape index (κ1) is 31.3. The molecule has 1 aromatic rings. The highest BCUT2D eigenvalue weighted by Gasteiger charge is 2.61. The second kappa shape index (κ2) is 12.3. The third-order valence-corrected chi connectivity index (χ3v) is 10.4. The van der Waals surface area contributed by atoms with Gasteiger partial charge in [0.25, 0.3) is 15.9 Å². The maximum atomic E-state index is 13.7. The van der Waals surface area contributed by atoms with Crippen molar-refractivity contribution in [3.8, 4) is 0 Å². The van der Waals surface area contributed by atoms with Crippen LogP contribution in [0.4, 0.5) is 4.79 Å². The number of allylic oxidation sites excluding steroid dienone is 1. The van der Waals surface area contributed by atoms with Crippen molar-refractivity contribution < 1.29 is 32.3 Å². The van der Waals surface area contributed by atoms with E-state index in [9.17, 15) is 27.6 Å². The Kier molecular flexibility index (Phi) is 9.39. The molecule has 4 amide bonds. The van der Waals surface area contributed by atoms with Crippen molar-refractivity contribution in [3.05, 3.63) is 28.6 Å². The third kappa shape index (κ3) is 7.61. The SMILES string of the molecule is CC(C)(C)OC(=O)N[C@H]1CCCCC/C=C\[C@@H]2C[C@@]2(C(=O)NS(=O)(=O)c2ccc(Cl)s2)NC(=O)[C@@H]2CCCN2C1=O. The molecular weight excluding hydrogens is 592 g/mol. The predicted molar refractivity (Wildman–Crippen MR) is 154 cm³/mol. The summed E-state index contributed by atoms with van der Waals surface area (Å²) in [5, 5.41) is 5.49. The maximum absolute atomic E-state index is 13.7. The number of halogens is 1. The minimum Gasteiger partial charge on any atom is -0.444 e. The number of hydrogen-bond donors (Lipinski definition) is 3. The fourth-order valence-corrected chi connectivity index (χ4v) is 7.77. The molecule has 11 nitrogen and oxygen atoms in total. The average molecular weight is 629 g/mol. The molecule has 1 aliphatic carbocycles. The van der Waals surface area contributed by atoms with Gasteiger partial charge in [0.15, 0.2) is 0 Å². The average Bonchev–Trinajstić information content (AvgIpc) is 3.19. The molecule has 4 rings (SSSR count). The number of alkyl carbamates (subject to hydrolysis) is 1. The number of nitrogens with one attached hydrogen (secondary N) is 3. The Morgan fingerprint density at radius 2 is 1.90 bits per heavy atom. The predicted octanol–water partition coefficient (Wildman–Crippen LogP) is 3.49. The largest absolute Gasteiger partial charge is 0.444 e. The lowest BCUT2D eigenvalue weighted by molar-refractivity contribution is -0.141. The summed E-state index contributed by atoms with van der Waals surface area (Å²) in [5.41, 5.74) is -2.21. The standard InChI is InChI=1S/C27H37ClN4O7S2/c1-26(2,3)39-25(36)29-18-11-8-6-4-5-7-10-17-16-27(17,30-22(33)19-12-9-15-32(19)23(18)34)24(35)31-41(37,38)21-14-13-20(28)40-21/h7,10,13-14,17-19H,4-6,8-9,11-12,15-16H2,1-3H3,(H,29,36)(H,30,33)(H,31,35)/b10-7-/t17-,18+,19+,27-/m1/s1. The molecule has 2 fully saturated rings. The number of ether oxygens (including phenoxy) is 1. The Labute approximate surface area is 249 Å². The highest BCUT2D eigenvalue weighted by molar-refractivity contribution is 7.92. The van der Waals surface area contributed by atoms with E-state index in [1.54, 1.807) is 20.8 Å². The normalized spacial score (nSPS) is 28.3. The summed E-state index contributed by atoms with van der Waals surface area (Å²) in [5.74, 6) is -2.16. The first-order chi connectivity index (χ1) is 19.2. The molecule has 3 N–H and O–H groups in total. The van der Waals surface area contributed by atoms with Crippen LogP contribution in [0.5, 0.6) is 0 Å². The van der Waals surface area contributed by atoms with Gasteiger partial charge < -0.3 is 20.3 Å². The number of fused-ring (bicyclic) bond motifs is 2. The Morgan fingerprint density at radius 3 is 2.59 bits per heavy atom. The van der Waals surface area contributed by atoms with Gasteiger partial charge in [0.1, 0.15) is 27.4 Å². The van der Waals surface area contributed by atoms with Crippen LogP contribution < -0.4 is 15.4 Å². The molecule has 3 heterocycles. The topological polar surface area (TPSA) is 151 Å². The van der Waals surface area contributed by atoms with E-state index in [0.717, 1.165) is 24.2 Å². The number of carbonyl (C=O) groups is 4. The van der Waals surface area contributed by atoms with Crippen LogP contribution >= 0.6 is 22.9 Å². The number of amides is 4. The molecule has 41 heavy (non-hydrogen) atoms. The molecule has 226 valence electrons. The lowest BCUT2D eigenvalue weighted by Crippen LogP contribution is -2.58. The van der Waals surface area contributed by atoms with Gasteiger partial charge in [0.2, 0.25) is 11.8 Å². The van der Waals surface area contributed by atoms with Crippen LogP contribution in [0, 0.1) is 5.92 Å². The van der Waals surface area contributed by atoms with Gasteiger partial charge in [-0.05, 0) is 71.4 Å². The lowest BCUT2D eigenvalue weighted by atomic mass is 10.0. The molecule has 0 unspecified atom stereocenters. The van der Waals surface area contributed by atoms with Gasteiger partial charge >= 0.3 is 6.09 Å². The number of nitrogens with zero attached hydrogens (tertiary/aromatic N) is 1. The zero-order valence-corrected chi connectivity index (χ0v) is 25.8. The summed E-state index contributed by atoms with van der Waals surface area (Å²) in [7, 11) is -4.20. The number of sulfonamides is 1. The van der Waals surface area contributed by atoms with E-state index in [-0.39, 0.29) is 20.9 Å². The summed E-state index contributed by atoms with van der Waals surface area (Å²) >= 11 is 6.71. The number of thiophene rings is 1. The quantitative estimate of drug-likeness (QED) is 0.432. The van der Waals surface area contributed by atoms with Crippen LogP contribution in [-0.4, -0.2) is 66.9 Å². The minimum atomic E-state index is -4.20. The Hall–Kier alpha value is -2.64.